The summed E-state index contributed by atoms with van der Waals surface area (Å²) < 4.78 is 10.3. The van der Waals surface area contributed by atoms with Crippen LogP contribution in [-0.4, -0.2) is 26.4 Å². The fraction of sp³-hybridized carbons (Fsp3) is 0.400. The Labute approximate surface area is 77.9 Å². The van der Waals surface area contributed by atoms with E-state index in [0.717, 1.165) is 5.75 Å². The molecule has 71 valence electrons. The molecule has 1 radical (unpaired) electrons. The third-order valence-electron chi connectivity index (χ3n) is 1.47. The largest absolute Gasteiger partial charge is 0.491 e. The first-order valence-corrected chi connectivity index (χ1v) is 4.27. The van der Waals surface area contributed by atoms with Gasteiger partial charge < -0.3 is 9.47 Å². The number of rotatable bonds is 6. The fourth-order valence-corrected chi connectivity index (χ4v) is 0.896. The molecular formula is C10H13O3. The summed E-state index contributed by atoms with van der Waals surface area (Å²) in [6.07, 6.45) is 0. The molecule has 1 rings (SSSR count). The first-order valence-electron chi connectivity index (χ1n) is 4.27. The van der Waals surface area contributed by atoms with Crippen LogP contribution in [0.25, 0.3) is 0 Å². The van der Waals surface area contributed by atoms with Crippen LogP contribution in [0.15, 0.2) is 30.3 Å². The number of ether oxygens (including phenoxy) is 2. The average Bonchev–Trinajstić information content (AvgIpc) is 2.19. The van der Waals surface area contributed by atoms with E-state index in [-0.39, 0.29) is 13.2 Å². The maximum absolute atomic E-state index is 10.00. The molecule has 0 saturated heterocycles. The molecule has 0 atom stereocenters. The first kappa shape index (κ1) is 10.0. The van der Waals surface area contributed by atoms with Crippen molar-refractivity contribution in [3.63, 3.8) is 0 Å². The Kier molecular flexibility index (Phi) is 4.98. The lowest BCUT2D eigenvalue weighted by Gasteiger charge is -2.05. The van der Waals surface area contributed by atoms with Crippen molar-refractivity contribution in [1.29, 1.82) is 0 Å². The van der Waals surface area contributed by atoms with E-state index in [4.69, 9.17) is 9.47 Å². The standard InChI is InChI=1S/C10H13O3/c11-6-7-12-8-9-13-10-4-2-1-3-5-10/h1-5H,6-9H2. The number of hydrogen-bond acceptors (Lipinski definition) is 2. The van der Waals surface area contributed by atoms with Crippen molar-refractivity contribution in [2.45, 2.75) is 0 Å². The van der Waals surface area contributed by atoms with Gasteiger partial charge in [0.25, 0.3) is 0 Å². The zero-order chi connectivity index (χ0) is 9.36. The Morgan fingerprint density at radius 2 is 1.77 bits per heavy atom. The highest BCUT2D eigenvalue weighted by Gasteiger charge is 1.91. The van der Waals surface area contributed by atoms with Crippen LogP contribution in [0, 0.1) is 0 Å². The minimum Gasteiger partial charge on any atom is -0.491 e. The van der Waals surface area contributed by atoms with E-state index in [1.165, 1.54) is 0 Å². The maximum Gasteiger partial charge on any atom is 0.119 e. The highest BCUT2D eigenvalue weighted by Crippen LogP contribution is 2.07. The summed E-state index contributed by atoms with van der Waals surface area (Å²) in [5, 5.41) is 10.00. The lowest BCUT2D eigenvalue weighted by Crippen LogP contribution is -2.08. The molecule has 0 aliphatic heterocycles. The number of hydrogen-bond donors (Lipinski definition) is 0. The normalized spacial score (nSPS) is 9.92. The van der Waals surface area contributed by atoms with Gasteiger partial charge in [0.1, 0.15) is 19.0 Å². The highest BCUT2D eigenvalue weighted by molar-refractivity contribution is 5.20. The molecule has 0 N–H and O–H groups in total. The number of para-hydroxylation sites is 1. The third-order valence-corrected chi connectivity index (χ3v) is 1.47. The zero-order valence-electron chi connectivity index (χ0n) is 7.44. The van der Waals surface area contributed by atoms with Gasteiger partial charge in [-0.1, -0.05) is 18.2 Å². The Balaban J connectivity index is 2.07. The van der Waals surface area contributed by atoms with Crippen LogP contribution >= 0.6 is 0 Å². The van der Waals surface area contributed by atoms with Crippen molar-refractivity contribution in [3.05, 3.63) is 30.3 Å². The molecule has 0 spiro atoms. The monoisotopic (exact) mass is 181 g/mol. The van der Waals surface area contributed by atoms with Crippen molar-refractivity contribution >= 4 is 0 Å². The van der Waals surface area contributed by atoms with Crippen LogP contribution in [0.3, 0.4) is 0 Å². The molecule has 1 aromatic rings. The van der Waals surface area contributed by atoms with Gasteiger partial charge in [0.15, 0.2) is 0 Å². The topological polar surface area (TPSA) is 38.4 Å². The lowest BCUT2D eigenvalue weighted by atomic mass is 10.3. The van der Waals surface area contributed by atoms with Gasteiger partial charge in [-0.05, 0) is 12.1 Å². The van der Waals surface area contributed by atoms with Gasteiger partial charge in [-0.2, -0.15) is 0 Å². The van der Waals surface area contributed by atoms with E-state index in [2.05, 4.69) is 0 Å². The Morgan fingerprint density at radius 3 is 2.46 bits per heavy atom. The summed E-state index contributed by atoms with van der Waals surface area (Å²) in [5.41, 5.74) is 0. The smallest absolute Gasteiger partial charge is 0.119 e. The summed E-state index contributed by atoms with van der Waals surface area (Å²) >= 11 is 0. The SMILES string of the molecule is [O]CCOCCOc1ccccc1. The minimum atomic E-state index is -0.189. The van der Waals surface area contributed by atoms with Crippen LogP contribution in [0.2, 0.25) is 0 Å². The van der Waals surface area contributed by atoms with Gasteiger partial charge in [-0.25, -0.2) is 5.11 Å². The van der Waals surface area contributed by atoms with Crippen molar-refractivity contribution in [1.82, 2.24) is 0 Å². The number of benzene rings is 1. The van der Waals surface area contributed by atoms with Gasteiger partial charge in [0.05, 0.1) is 13.2 Å². The predicted octanol–water partition coefficient (Wildman–Crippen LogP) is 1.51. The van der Waals surface area contributed by atoms with Gasteiger partial charge in [0.2, 0.25) is 0 Å². The van der Waals surface area contributed by atoms with Gasteiger partial charge in [0, 0.05) is 0 Å². The van der Waals surface area contributed by atoms with Gasteiger partial charge >= 0.3 is 0 Å². The fourth-order valence-electron chi connectivity index (χ4n) is 0.896. The van der Waals surface area contributed by atoms with E-state index >= 15 is 0 Å². The molecule has 0 bridgehead atoms. The van der Waals surface area contributed by atoms with Crippen LogP contribution < -0.4 is 4.74 Å². The Morgan fingerprint density at radius 1 is 1.00 bits per heavy atom. The van der Waals surface area contributed by atoms with Gasteiger partial charge in [-0.15, -0.1) is 0 Å². The molecule has 0 unspecified atom stereocenters. The Hall–Kier alpha value is -1.06. The van der Waals surface area contributed by atoms with Crippen LogP contribution in [-0.2, 0) is 9.84 Å². The first-order chi connectivity index (χ1) is 6.43. The second-order valence-electron chi connectivity index (χ2n) is 2.48. The zero-order valence-corrected chi connectivity index (χ0v) is 7.44. The summed E-state index contributed by atoms with van der Waals surface area (Å²) in [6, 6.07) is 9.52. The summed E-state index contributed by atoms with van der Waals surface area (Å²) in [5.74, 6) is 0.827. The third kappa shape index (κ3) is 4.50. The van der Waals surface area contributed by atoms with E-state index in [9.17, 15) is 5.11 Å². The second kappa shape index (κ2) is 6.46. The highest BCUT2D eigenvalue weighted by atomic mass is 16.5. The lowest BCUT2D eigenvalue weighted by molar-refractivity contribution is 0.0486. The molecule has 13 heavy (non-hydrogen) atoms. The van der Waals surface area contributed by atoms with Crippen LogP contribution in [0.4, 0.5) is 0 Å². The maximum atomic E-state index is 10.00. The summed E-state index contributed by atoms with van der Waals surface area (Å²) in [6.45, 7) is 1.03. The van der Waals surface area contributed by atoms with E-state index in [1.54, 1.807) is 0 Å². The quantitative estimate of drug-likeness (QED) is 0.624. The molecule has 0 fully saturated rings. The molecule has 0 aliphatic carbocycles. The van der Waals surface area contributed by atoms with Gasteiger partial charge in [-0.3, -0.25) is 0 Å². The molecule has 0 amide bonds. The molecule has 3 heteroatoms. The van der Waals surface area contributed by atoms with Crippen molar-refractivity contribution < 1.29 is 14.6 Å². The van der Waals surface area contributed by atoms with E-state index in [0.29, 0.717) is 13.2 Å². The van der Waals surface area contributed by atoms with Crippen molar-refractivity contribution in [2.24, 2.45) is 0 Å². The molecule has 0 heterocycles. The van der Waals surface area contributed by atoms with E-state index < -0.39 is 0 Å². The molecule has 3 nitrogen and oxygen atoms in total. The minimum absolute atomic E-state index is 0.189. The summed E-state index contributed by atoms with van der Waals surface area (Å²) in [7, 11) is 0. The average molecular weight is 181 g/mol. The van der Waals surface area contributed by atoms with Crippen LogP contribution in [0.1, 0.15) is 0 Å². The Bertz CT molecular complexity index is 211. The molecule has 0 aliphatic rings. The molecule has 0 aromatic heterocycles. The molecule has 0 saturated carbocycles. The van der Waals surface area contributed by atoms with Crippen molar-refractivity contribution in [2.75, 3.05) is 26.4 Å². The molecule has 1 aromatic carbocycles. The molecular weight excluding hydrogens is 168 g/mol. The second-order valence-corrected chi connectivity index (χ2v) is 2.48. The van der Waals surface area contributed by atoms with E-state index in [1.807, 2.05) is 30.3 Å². The predicted molar refractivity (Wildman–Crippen MR) is 48.3 cm³/mol. The van der Waals surface area contributed by atoms with Crippen LogP contribution in [0.5, 0.6) is 5.75 Å². The van der Waals surface area contributed by atoms with Crippen molar-refractivity contribution in [3.8, 4) is 5.75 Å². The summed E-state index contributed by atoms with van der Waals surface area (Å²) in [4.78, 5) is 0.